The first-order valence-corrected chi connectivity index (χ1v) is 12.2. The lowest BCUT2D eigenvalue weighted by Crippen LogP contribution is -2.24. The van der Waals surface area contributed by atoms with Crippen LogP contribution in [0.4, 0.5) is 20.3 Å². The summed E-state index contributed by atoms with van der Waals surface area (Å²) < 4.78 is 35.5. The molecule has 0 radical (unpaired) electrons. The molecule has 4 heterocycles. The largest absolute Gasteiger partial charge is 0.487 e. The molecular formula is C26H24ClF2N5O4. The minimum atomic E-state index is -3.83. The number of methoxy groups -OCH3 is 1. The van der Waals surface area contributed by atoms with E-state index < -0.39 is 11.5 Å². The van der Waals surface area contributed by atoms with Crippen LogP contribution in [0.1, 0.15) is 32.8 Å². The van der Waals surface area contributed by atoms with E-state index in [2.05, 4.69) is 24.9 Å². The Morgan fingerprint density at radius 3 is 2.61 bits per heavy atom. The molecule has 2 aromatic heterocycles. The van der Waals surface area contributed by atoms with Crippen molar-refractivity contribution in [2.75, 3.05) is 37.5 Å². The van der Waals surface area contributed by atoms with E-state index in [1.54, 1.807) is 37.4 Å². The summed E-state index contributed by atoms with van der Waals surface area (Å²) in [6.07, 6.45) is 4.05. The van der Waals surface area contributed by atoms with Crippen LogP contribution in [0.5, 0.6) is 5.75 Å². The molecule has 1 saturated heterocycles. The number of amides is 2. The molecule has 3 aromatic rings. The Kier molecular flexibility index (Phi) is 6.89. The molecule has 1 N–H and O–H groups in total. The van der Waals surface area contributed by atoms with Gasteiger partial charge in [-0.2, -0.15) is 0 Å². The predicted molar refractivity (Wildman–Crippen MR) is 137 cm³/mol. The fourth-order valence-corrected chi connectivity index (χ4v) is 4.65. The summed E-state index contributed by atoms with van der Waals surface area (Å²) >= 11 is 4.79. The van der Waals surface area contributed by atoms with Gasteiger partial charge in [-0.05, 0) is 42.8 Å². The molecule has 0 saturated carbocycles. The van der Waals surface area contributed by atoms with E-state index in [0.717, 1.165) is 13.0 Å². The Morgan fingerprint density at radius 2 is 1.92 bits per heavy atom. The number of carbonyl (C=O) groups is 2. The molecule has 0 aliphatic carbocycles. The summed E-state index contributed by atoms with van der Waals surface area (Å²) in [6.45, 7) is 1.80. The number of ether oxygens (including phenoxy) is 2. The second-order valence-corrected chi connectivity index (χ2v) is 9.53. The molecule has 0 bridgehead atoms. The maximum Gasteiger partial charge on any atom is 0.487 e. The third-order valence-corrected chi connectivity index (χ3v) is 6.57. The summed E-state index contributed by atoms with van der Waals surface area (Å²) in [6, 6.07) is 8.85. The van der Waals surface area contributed by atoms with Crippen molar-refractivity contribution in [2.45, 2.75) is 24.6 Å². The topological polar surface area (TPSA) is 96.9 Å². The van der Waals surface area contributed by atoms with Gasteiger partial charge in [0.15, 0.2) is 0 Å². The number of benzene rings is 1. The van der Waals surface area contributed by atoms with Crippen LogP contribution >= 0.6 is 11.6 Å². The SMILES string of the molecule is COC1CCN(c2ncc(C(=O)Nc3ccc(OC(F)(F)Cl)cc3)cc2-c2cnc3c(c2)C(=O)N(C)C3)C1. The summed E-state index contributed by atoms with van der Waals surface area (Å²) in [5, 5.41) is 2.72. The number of nitrogens with one attached hydrogen (secondary N) is 1. The van der Waals surface area contributed by atoms with E-state index in [0.29, 0.717) is 47.0 Å². The van der Waals surface area contributed by atoms with Crippen LogP contribution in [0, 0.1) is 0 Å². The van der Waals surface area contributed by atoms with Crippen LogP contribution in [-0.4, -0.2) is 65.6 Å². The fourth-order valence-electron chi connectivity index (χ4n) is 4.56. The first-order chi connectivity index (χ1) is 18.1. The van der Waals surface area contributed by atoms with Crippen molar-refractivity contribution in [1.29, 1.82) is 0 Å². The normalized spacial score (nSPS) is 17.1. The Labute approximate surface area is 222 Å². The second-order valence-electron chi connectivity index (χ2n) is 9.09. The zero-order chi connectivity index (χ0) is 27.0. The monoisotopic (exact) mass is 543 g/mol. The number of halogens is 3. The molecule has 0 spiro atoms. The van der Waals surface area contributed by atoms with E-state index in [-0.39, 0.29) is 23.3 Å². The molecule has 12 heteroatoms. The van der Waals surface area contributed by atoms with Crippen molar-refractivity contribution in [3.8, 4) is 16.9 Å². The van der Waals surface area contributed by atoms with Gasteiger partial charge in [0.1, 0.15) is 11.6 Å². The minimum Gasteiger partial charge on any atom is -0.420 e. The Morgan fingerprint density at radius 1 is 1.16 bits per heavy atom. The van der Waals surface area contributed by atoms with E-state index in [4.69, 9.17) is 16.3 Å². The quantitative estimate of drug-likeness (QED) is 0.442. The number of pyridine rings is 2. The van der Waals surface area contributed by atoms with Crippen LogP contribution < -0.4 is 15.0 Å². The van der Waals surface area contributed by atoms with Crippen molar-refractivity contribution in [3.05, 3.63) is 65.6 Å². The molecule has 1 aromatic carbocycles. The standard InChI is InChI=1S/C26H24ClF2N5O4/c1-33-14-22-21(25(33)36)9-15(11-30-22)20-10-16(12-31-23(20)34-8-7-19(13-34)37-2)24(35)32-17-3-5-18(6-4-17)38-26(27,28)29/h3-6,9-12,19H,7-8,13-14H2,1-2H3,(H,32,35). The van der Waals surface area contributed by atoms with Gasteiger partial charge in [-0.15, -0.1) is 8.78 Å². The van der Waals surface area contributed by atoms with Crippen LogP contribution in [0.3, 0.4) is 0 Å². The predicted octanol–water partition coefficient (Wildman–Crippen LogP) is 4.37. The van der Waals surface area contributed by atoms with Gasteiger partial charge in [0.25, 0.3) is 11.8 Å². The maximum absolute atomic E-state index is 13.1. The van der Waals surface area contributed by atoms with E-state index in [9.17, 15) is 18.4 Å². The summed E-state index contributed by atoms with van der Waals surface area (Å²) in [7, 11) is 3.39. The van der Waals surface area contributed by atoms with Gasteiger partial charge >= 0.3 is 5.57 Å². The molecule has 2 aliphatic rings. The van der Waals surface area contributed by atoms with Crippen LogP contribution in [0.25, 0.3) is 11.1 Å². The van der Waals surface area contributed by atoms with Gasteiger partial charge in [-0.25, -0.2) is 4.98 Å². The van der Waals surface area contributed by atoms with Crippen molar-refractivity contribution < 1.29 is 27.8 Å². The summed E-state index contributed by atoms with van der Waals surface area (Å²) in [5.41, 5.74) is -0.672. The molecule has 1 atom stereocenters. The van der Waals surface area contributed by atoms with Crippen LogP contribution in [0.2, 0.25) is 0 Å². The molecule has 38 heavy (non-hydrogen) atoms. The molecule has 1 unspecified atom stereocenters. The van der Waals surface area contributed by atoms with E-state index >= 15 is 0 Å². The third-order valence-electron chi connectivity index (χ3n) is 6.50. The number of fused-ring (bicyclic) bond motifs is 1. The number of anilines is 2. The first-order valence-electron chi connectivity index (χ1n) is 11.8. The van der Waals surface area contributed by atoms with Crippen molar-refractivity contribution in [3.63, 3.8) is 0 Å². The van der Waals surface area contributed by atoms with Gasteiger partial charge in [-0.1, -0.05) is 0 Å². The molecule has 198 valence electrons. The molecule has 5 rings (SSSR count). The zero-order valence-corrected chi connectivity index (χ0v) is 21.3. The van der Waals surface area contributed by atoms with Crippen molar-refractivity contribution in [1.82, 2.24) is 14.9 Å². The average molecular weight is 544 g/mol. The van der Waals surface area contributed by atoms with Crippen LogP contribution in [0.15, 0.2) is 48.8 Å². The average Bonchev–Trinajstić information content (AvgIpc) is 3.48. The number of hydrogen-bond acceptors (Lipinski definition) is 7. The number of alkyl halides is 3. The summed E-state index contributed by atoms with van der Waals surface area (Å²) in [4.78, 5) is 38.5. The van der Waals surface area contributed by atoms with Gasteiger partial charge in [0.05, 0.1) is 29.5 Å². The smallest absolute Gasteiger partial charge is 0.420 e. The highest BCUT2D eigenvalue weighted by molar-refractivity contribution is 6.20. The molecule has 1 fully saturated rings. The molecule has 9 nitrogen and oxygen atoms in total. The van der Waals surface area contributed by atoms with Gasteiger partial charge in [-0.3, -0.25) is 14.6 Å². The lowest BCUT2D eigenvalue weighted by Gasteiger charge is -2.21. The van der Waals surface area contributed by atoms with Crippen LogP contribution in [-0.2, 0) is 11.3 Å². The third kappa shape index (κ3) is 5.39. The van der Waals surface area contributed by atoms with Gasteiger partial charge < -0.3 is 24.6 Å². The van der Waals surface area contributed by atoms with E-state index in [1.807, 2.05) is 0 Å². The summed E-state index contributed by atoms with van der Waals surface area (Å²) in [5.74, 6) is -0.0637. The lowest BCUT2D eigenvalue weighted by molar-refractivity contribution is -0.0964. The Balaban J connectivity index is 1.45. The number of aromatic nitrogens is 2. The number of hydrogen-bond donors (Lipinski definition) is 1. The van der Waals surface area contributed by atoms with Gasteiger partial charge in [0, 0.05) is 68.1 Å². The van der Waals surface area contributed by atoms with Gasteiger partial charge in [0.2, 0.25) is 0 Å². The van der Waals surface area contributed by atoms with E-state index in [1.165, 1.54) is 30.5 Å². The van der Waals surface area contributed by atoms with Crippen molar-refractivity contribution >= 4 is 34.9 Å². The molecule has 2 amide bonds. The fraction of sp³-hybridized carbons (Fsp3) is 0.308. The number of nitrogens with zero attached hydrogens (tertiary/aromatic N) is 4. The van der Waals surface area contributed by atoms with Crippen molar-refractivity contribution in [2.24, 2.45) is 0 Å². The number of rotatable bonds is 7. The zero-order valence-electron chi connectivity index (χ0n) is 20.6. The molecular weight excluding hydrogens is 520 g/mol. The highest BCUT2D eigenvalue weighted by atomic mass is 35.5. The maximum atomic E-state index is 13.1. The molecule has 2 aliphatic heterocycles. The Hall–Kier alpha value is -3.83. The number of carbonyl (C=O) groups excluding carboxylic acids is 2. The Bertz CT molecular complexity index is 1380. The first kappa shape index (κ1) is 25.8. The highest BCUT2D eigenvalue weighted by Crippen LogP contribution is 2.34. The highest BCUT2D eigenvalue weighted by Gasteiger charge is 2.30. The lowest BCUT2D eigenvalue weighted by atomic mass is 10.0. The minimum absolute atomic E-state index is 0.0618. The second kappa shape index (κ2) is 10.1.